The van der Waals surface area contributed by atoms with Crippen LogP contribution < -0.4 is 0 Å². The minimum Gasteiger partial charge on any atom is -0.340 e. The number of Topliss-reactive ketones (excluding diaryl/α,β-unsaturated/α-hetero) is 1. The lowest BCUT2D eigenvalue weighted by molar-refractivity contribution is -0.133. The van der Waals surface area contributed by atoms with Crippen LogP contribution >= 0.6 is 0 Å². The highest BCUT2D eigenvalue weighted by molar-refractivity contribution is 5.78. The molecular formula is C16H21FN2O2. The summed E-state index contributed by atoms with van der Waals surface area (Å²) >= 11 is 0. The first-order valence-corrected chi connectivity index (χ1v) is 7.29. The summed E-state index contributed by atoms with van der Waals surface area (Å²) in [6, 6.07) is 6.56. The number of hydrogen-bond donors (Lipinski definition) is 0. The number of amides is 1. The third kappa shape index (κ3) is 4.63. The van der Waals surface area contributed by atoms with Crippen molar-refractivity contribution in [1.29, 1.82) is 0 Å². The van der Waals surface area contributed by atoms with E-state index >= 15 is 0 Å². The van der Waals surface area contributed by atoms with Crippen LogP contribution in [0.4, 0.5) is 4.39 Å². The highest BCUT2D eigenvalue weighted by Crippen LogP contribution is 2.11. The molecule has 1 aromatic rings. The number of rotatable bonds is 5. The van der Waals surface area contributed by atoms with Gasteiger partial charge >= 0.3 is 0 Å². The third-order valence-corrected chi connectivity index (χ3v) is 3.74. The van der Waals surface area contributed by atoms with Gasteiger partial charge in [-0.1, -0.05) is 18.2 Å². The fraction of sp³-hybridized carbons (Fsp3) is 0.500. The molecule has 1 fully saturated rings. The maximum atomic E-state index is 13.5. The first kappa shape index (κ1) is 15.6. The molecule has 1 saturated heterocycles. The van der Waals surface area contributed by atoms with Gasteiger partial charge in [-0.2, -0.15) is 0 Å². The number of carbonyl (C=O) groups is 2. The predicted octanol–water partition coefficient (Wildman–Crippen LogP) is 1.49. The summed E-state index contributed by atoms with van der Waals surface area (Å²) in [5.41, 5.74) is 0.584. The van der Waals surface area contributed by atoms with E-state index < -0.39 is 0 Å². The SMILES string of the molecule is CC(=O)CN1CCN(C(=O)CCc2ccccc2F)CC1. The van der Waals surface area contributed by atoms with E-state index in [0.717, 1.165) is 13.1 Å². The normalized spacial score (nSPS) is 16.0. The molecule has 0 saturated carbocycles. The minimum atomic E-state index is -0.253. The molecule has 1 heterocycles. The van der Waals surface area contributed by atoms with Crippen LogP contribution in [0.1, 0.15) is 18.9 Å². The molecule has 114 valence electrons. The van der Waals surface area contributed by atoms with Crippen LogP contribution in [0.15, 0.2) is 24.3 Å². The number of carbonyl (C=O) groups excluding carboxylic acids is 2. The van der Waals surface area contributed by atoms with Gasteiger partial charge in [0.15, 0.2) is 0 Å². The maximum Gasteiger partial charge on any atom is 0.222 e. The fourth-order valence-corrected chi connectivity index (χ4v) is 2.57. The van der Waals surface area contributed by atoms with E-state index in [1.807, 2.05) is 0 Å². The van der Waals surface area contributed by atoms with Crippen LogP contribution in [0.25, 0.3) is 0 Å². The Morgan fingerprint density at radius 1 is 1.14 bits per heavy atom. The monoisotopic (exact) mass is 292 g/mol. The number of benzene rings is 1. The van der Waals surface area contributed by atoms with Gasteiger partial charge in [-0.15, -0.1) is 0 Å². The Kier molecular flexibility index (Phi) is 5.44. The van der Waals surface area contributed by atoms with Gasteiger partial charge in [0.05, 0.1) is 6.54 Å². The molecule has 0 aromatic heterocycles. The molecule has 5 heteroatoms. The lowest BCUT2D eigenvalue weighted by Gasteiger charge is -2.34. The van der Waals surface area contributed by atoms with E-state index in [1.165, 1.54) is 6.07 Å². The zero-order valence-electron chi connectivity index (χ0n) is 12.3. The molecule has 0 atom stereocenters. The largest absolute Gasteiger partial charge is 0.340 e. The summed E-state index contributed by atoms with van der Waals surface area (Å²) in [6.07, 6.45) is 0.757. The maximum absolute atomic E-state index is 13.5. The smallest absolute Gasteiger partial charge is 0.222 e. The highest BCUT2D eigenvalue weighted by atomic mass is 19.1. The van der Waals surface area contributed by atoms with Crippen LogP contribution in [0.2, 0.25) is 0 Å². The summed E-state index contributed by atoms with van der Waals surface area (Å²) in [7, 11) is 0. The van der Waals surface area contributed by atoms with Gasteiger partial charge in [-0.05, 0) is 25.0 Å². The average molecular weight is 292 g/mol. The molecule has 0 spiro atoms. The Labute approximate surface area is 124 Å². The second-order valence-electron chi connectivity index (χ2n) is 5.45. The molecule has 2 rings (SSSR count). The molecule has 0 N–H and O–H groups in total. The van der Waals surface area contributed by atoms with Crippen LogP contribution in [-0.4, -0.2) is 54.2 Å². The number of ketones is 1. The van der Waals surface area contributed by atoms with Crippen LogP contribution in [0, 0.1) is 5.82 Å². The van der Waals surface area contributed by atoms with E-state index in [0.29, 0.717) is 38.0 Å². The average Bonchev–Trinajstić information content (AvgIpc) is 2.46. The molecule has 0 radical (unpaired) electrons. The predicted molar refractivity (Wildman–Crippen MR) is 78.4 cm³/mol. The second kappa shape index (κ2) is 7.31. The standard InChI is InChI=1S/C16H21FN2O2/c1-13(20)12-18-8-10-19(11-9-18)16(21)7-6-14-4-2-3-5-15(14)17/h2-5H,6-12H2,1H3. The summed E-state index contributed by atoms with van der Waals surface area (Å²) in [5, 5.41) is 0. The minimum absolute atomic E-state index is 0.0562. The zero-order chi connectivity index (χ0) is 15.2. The molecule has 1 aliphatic rings. The van der Waals surface area contributed by atoms with Gasteiger partial charge in [0.25, 0.3) is 0 Å². The topological polar surface area (TPSA) is 40.6 Å². The Morgan fingerprint density at radius 3 is 2.43 bits per heavy atom. The Balaban J connectivity index is 1.77. The number of aryl methyl sites for hydroxylation is 1. The summed E-state index contributed by atoms with van der Waals surface area (Å²) < 4.78 is 13.5. The van der Waals surface area contributed by atoms with Crippen molar-refractivity contribution in [3.63, 3.8) is 0 Å². The van der Waals surface area contributed by atoms with Crippen LogP contribution in [0.5, 0.6) is 0 Å². The molecule has 1 amide bonds. The van der Waals surface area contributed by atoms with Gasteiger partial charge in [-0.25, -0.2) is 4.39 Å². The number of nitrogens with zero attached hydrogens (tertiary/aromatic N) is 2. The molecule has 0 bridgehead atoms. The van der Waals surface area contributed by atoms with E-state index in [9.17, 15) is 14.0 Å². The Bertz CT molecular complexity index is 511. The molecule has 1 aromatic carbocycles. The van der Waals surface area contributed by atoms with Crippen LogP contribution in [0.3, 0.4) is 0 Å². The molecule has 1 aliphatic heterocycles. The second-order valence-corrected chi connectivity index (χ2v) is 5.45. The van der Waals surface area contributed by atoms with Crippen molar-refractivity contribution in [1.82, 2.24) is 9.80 Å². The molecule has 0 unspecified atom stereocenters. The molecular weight excluding hydrogens is 271 g/mol. The van der Waals surface area contributed by atoms with Crippen molar-refractivity contribution in [2.75, 3.05) is 32.7 Å². The zero-order valence-corrected chi connectivity index (χ0v) is 12.3. The molecule has 0 aliphatic carbocycles. The number of piperazine rings is 1. The lowest BCUT2D eigenvalue weighted by Crippen LogP contribution is -2.49. The summed E-state index contributed by atoms with van der Waals surface area (Å²) in [6.45, 7) is 4.77. The fourth-order valence-electron chi connectivity index (χ4n) is 2.57. The van der Waals surface area contributed by atoms with Crippen molar-refractivity contribution < 1.29 is 14.0 Å². The highest BCUT2D eigenvalue weighted by Gasteiger charge is 2.21. The molecule has 4 nitrogen and oxygen atoms in total. The number of halogens is 1. The van der Waals surface area contributed by atoms with E-state index in [1.54, 1.807) is 30.0 Å². The van der Waals surface area contributed by atoms with E-state index in [4.69, 9.17) is 0 Å². The Hall–Kier alpha value is -1.75. The van der Waals surface area contributed by atoms with Gasteiger partial charge < -0.3 is 4.90 Å². The van der Waals surface area contributed by atoms with Gasteiger partial charge in [0.2, 0.25) is 5.91 Å². The van der Waals surface area contributed by atoms with Crippen molar-refractivity contribution >= 4 is 11.7 Å². The summed E-state index contributed by atoms with van der Waals surface area (Å²) in [4.78, 5) is 27.1. The van der Waals surface area contributed by atoms with E-state index in [2.05, 4.69) is 4.90 Å². The lowest BCUT2D eigenvalue weighted by atomic mass is 10.1. The van der Waals surface area contributed by atoms with Gasteiger partial charge in [-0.3, -0.25) is 14.5 Å². The van der Waals surface area contributed by atoms with Crippen molar-refractivity contribution in [2.24, 2.45) is 0 Å². The first-order chi connectivity index (χ1) is 10.1. The van der Waals surface area contributed by atoms with Gasteiger partial charge in [0, 0.05) is 32.6 Å². The summed E-state index contributed by atoms with van der Waals surface area (Å²) in [5.74, 6) is -0.0494. The van der Waals surface area contributed by atoms with Crippen molar-refractivity contribution in [2.45, 2.75) is 19.8 Å². The third-order valence-electron chi connectivity index (χ3n) is 3.74. The van der Waals surface area contributed by atoms with Gasteiger partial charge in [0.1, 0.15) is 11.6 Å². The Morgan fingerprint density at radius 2 is 1.81 bits per heavy atom. The van der Waals surface area contributed by atoms with E-state index in [-0.39, 0.29) is 17.5 Å². The van der Waals surface area contributed by atoms with Crippen LogP contribution in [-0.2, 0) is 16.0 Å². The van der Waals surface area contributed by atoms with Crippen molar-refractivity contribution in [3.8, 4) is 0 Å². The number of hydrogen-bond acceptors (Lipinski definition) is 3. The van der Waals surface area contributed by atoms with Crippen molar-refractivity contribution in [3.05, 3.63) is 35.6 Å². The first-order valence-electron chi connectivity index (χ1n) is 7.29. The quantitative estimate of drug-likeness (QED) is 0.825. The molecule has 21 heavy (non-hydrogen) atoms.